The zero-order valence-electron chi connectivity index (χ0n) is 18.4. The summed E-state index contributed by atoms with van der Waals surface area (Å²) >= 11 is 0. The van der Waals surface area contributed by atoms with E-state index in [0.717, 1.165) is 35.1 Å². The van der Waals surface area contributed by atoms with Crippen molar-refractivity contribution in [3.05, 3.63) is 72.6 Å². The lowest BCUT2D eigenvalue weighted by Gasteiger charge is -2.32. The molecule has 0 aliphatic carbocycles. The van der Waals surface area contributed by atoms with E-state index in [1.54, 1.807) is 12.1 Å². The summed E-state index contributed by atoms with van der Waals surface area (Å²) in [5.41, 5.74) is 1.62. The monoisotopic (exact) mass is 452 g/mol. The number of rotatable bonds is 6. The van der Waals surface area contributed by atoms with Crippen LogP contribution in [0.3, 0.4) is 0 Å². The van der Waals surface area contributed by atoms with Crippen molar-refractivity contribution in [3.8, 4) is 11.4 Å². The summed E-state index contributed by atoms with van der Waals surface area (Å²) in [6.07, 6.45) is 5.70. The van der Waals surface area contributed by atoms with Crippen LogP contribution in [-0.4, -0.2) is 60.3 Å². The highest BCUT2D eigenvalue weighted by atomic mass is 32.2. The predicted octanol–water partition coefficient (Wildman–Crippen LogP) is 3.35. The number of nitrogens with zero attached hydrogens (tertiary/aromatic N) is 4. The predicted molar refractivity (Wildman–Crippen MR) is 124 cm³/mol. The molecule has 1 aliphatic heterocycles. The summed E-state index contributed by atoms with van der Waals surface area (Å²) < 4.78 is 27.8. The summed E-state index contributed by atoms with van der Waals surface area (Å²) in [6, 6.07) is 16.4. The lowest BCUT2D eigenvalue weighted by Crippen LogP contribution is -2.39. The first-order valence-electron chi connectivity index (χ1n) is 10.7. The molecule has 32 heavy (non-hydrogen) atoms. The third-order valence-electron chi connectivity index (χ3n) is 5.98. The van der Waals surface area contributed by atoms with E-state index in [4.69, 9.17) is 0 Å². The molecule has 8 heteroatoms. The van der Waals surface area contributed by atoms with E-state index in [2.05, 4.69) is 21.7 Å². The van der Waals surface area contributed by atoms with Gasteiger partial charge in [-0.1, -0.05) is 30.3 Å². The van der Waals surface area contributed by atoms with Gasteiger partial charge in [0, 0.05) is 57.3 Å². The molecule has 0 saturated carbocycles. The Bertz CT molecular complexity index is 1160. The number of aromatic nitrogens is 2. The fraction of sp³-hybridized carbons (Fsp3) is 0.333. The molecule has 168 valence electrons. The first-order valence-corrected chi connectivity index (χ1v) is 12.2. The largest absolute Gasteiger partial charge is 0.339 e. The molecule has 2 heterocycles. The van der Waals surface area contributed by atoms with E-state index in [-0.39, 0.29) is 10.8 Å². The number of carbonyl (C=O) groups excluding carboxylic acids is 1. The second-order valence-corrected chi connectivity index (χ2v) is 10.5. The van der Waals surface area contributed by atoms with Crippen molar-refractivity contribution < 1.29 is 13.2 Å². The Morgan fingerprint density at radius 3 is 2.31 bits per heavy atom. The molecule has 0 spiro atoms. The first-order chi connectivity index (χ1) is 15.4. The Balaban J connectivity index is 1.36. The summed E-state index contributed by atoms with van der Waals surface area (Å²) in [6.45, 7) is 2.26. The minimum Gasteiger partial charge on any atom is -0.339 e. The molecule has 2 aromatic carbocycles. The van der Waals surface area contributed by atoms with Crippen LogP contribution < -0.4 is 0 Å². The molecule has 4 rings (SSSR count). The molecular formula is C24H28N4O3S. The quantitative estimate of drug-likeness (QED) is 0.575. The Morgan fingerprint density at radius 1 is 1.03 bits per heavy atom. The van der Waals surface area contributed by atoms with Gasteiger partial charge in [0.05, 0.1) is 4.90 Å². The number of likely N-dealkylation sites (tertiary alicyclic amines) is 1. The third-order valence-corrected chi connectivity index (χ3v) is 7.81. The maximum absolute atomic E-state index is 12.9. The van der Waals surface area contributed by atoms with Crippen molar-refractivity contribution in [2.45, 2.75) is 24.3 Å². The molecule has 1 saturated heterocycles. The van der Waals surface area contributed by atoms with Crippen molar-refractivity contribution in [1.29, 1.82) is 0 Å². The molecule has 7 nitrogen and oxygen atoms in total. The van der Waals surface area contributed by atoms with Gasteiger partial charge in [0.1, 0.15) is 5.82 Å². The Morgan fingerprint density at radius 2 is 1.69 bits per heavy atom. The minimum atomic E-state index is -3.50. The zero-order chi connectivity index (χ0) is 22.7. The smallest absolute Gasteiger partial charge is 0.253 e. The molecule has 1 aliphatic rings. The van der Waals surface area contributed by atoms with E-state index in [9.17, 15) is 13.2 Å². The van der Waals surface area contributed by atoms with Crippen LogP contribution in [0, 0.1) is 5.92 Å². The maximum atomic E-state index is 12.9. The van der Waals surface area contributed by atoms with Gasteiger partial charge in [-0.25, -0.2) is 17.7 Å². The van der Waals surface area contributed by atoms with E-state index in [0.29, 0.717) is 24.6 Å². The lowest BCUT2D eigenvalue weighted by molar-refractivity contribution is 0.0683. The van der Waals surface area contributed by atoms with Gasteiger partial charge in [0.2, 0.25) is 10.0 Å². The zero-order valence-corrected chi connectivity index (χ0v) is 19.2. The van der Waals surface area contributed by atoms with Crippen LogP contribution in [0.15, 0.2) is 71.9 Å². The first kappa shape index (κ1) is 22.2. The van der Waals surface area contributed by atoms with E-state index in [1.165, 1.54) is 26.2 Å². The van der Waals surface area contributed by atoms with Crippen LogP contribution in [0.1, 0.15) is 23.2 Å². The van der Waals surface area contributed by atoms with Gasteiger partial charge < -0.3 is 9.47 Å². The number of piperidine rings is 1. The normalized spacial score (nSPS) is 15.3. The van der Waals surface area contributed by atoms with Gasteiger partial charge in [-0.2, -0.15) is 0 Å². The van der Waals surface area contributed by atoms with Gasteiger partial charge in [0.15, 0.2) is 0 Å². The van der Waals surface area contributed by atoms with Gasteiger partial charge >= 0.3 is 0 Å². The second-order valence-electron chi connectivity index (χ2n) is 8.32. The van der Waals surface area contributed by atoms with Crippen LogP contribution >= 0.6 is 0 Å². The van der Waals surface area contributed by atoms with Gasteiger partial charge in [-0.15, -0.1) is 0 Å². The summed E-state index contributed by atoms with van der Waals surface area (Å²) in [4.78, 5) is 19.5. The number of sulfonamides is 1. The second kappa shape index (κ2) is 9.26. The van der Waals surface area contributed by atoms with Crippen molar-refractivity contribution in [1.82, 2.24) is 18.8 Å². The van der Waals surface area contributed by atoms with Gasteiger partial charge in [0.25, 0.3) is 5.91 Å². The van der Waals surface area contributed by atoms with Gasteiger partial charge in [-0.05, 0) is 43.0 Å². The number of imidazole rings is 1. The minimum absolute atomic E-state index is 0.0511. The molecule has 1 fully saturated rings. The molecular weight excluding hydrogens is 424 g/mol. The highest BCUT2D eigenvalue weighted by Gasteiger charge is 2.25. The molecule has 0 bridgehead atoms. The number of carbonyl (C=O) groups is 1. The molecule has 1 amide bonds. The topological polar surface area (TPSA) is 75.5 Å². The van der Waals surface area contributed by atoms with Crippen molar-refractivity contribution >= 4 is 15.9 Å². The highest BCUT2D eigenvalue weighted by molar-refractivity contribution is 7.89. The molecule has 0 radical (unpaired) electrons. The standard InChI is InChI=1S/C24H28N4O3S/c1-26(2)32(30,31)22-10-8-21(9-11-22)24(29)27-15-12-19(13-16-27)18-28-17-14-25-23(28)20-6-4-3-5-7-20/h3-11,14,17,19H,12-13,15-16,18H2,1-2H3. The number of amides is 1. The Labute approximate surface area is 189 Å². The van der Waals surface area contributed by atoms with E-state index >= 15 is 0 Å². The van der Waals surface area contributed by atoms with Crippen LogP contribution in [0.2, 0.25) is 0 Å². The van der Waals surface area contributed by atoms with Crippen molar-refractivity contribution in [2.75, 3.05) is 27.2 Å². The molecule has 0 unspecified atom stereocenters. The number of hydrogen-bond donors (Lipinski definition) is 0. The summed E-state index contributed by atoms with van der Waals surface area (Å²) in [5.74, 6) is 1.39. The fourth-order valence-electron chi connectivity index (χ4n) is 4.06. The Kier molecular flexibility index (Phi) is 6.43. The van der Waals surface area contributed by atoms with E-state index < -0.39 is 10.0 Å². The van der Waals surface area contributed by atoms with Crippen molar-refractivity contribution in [2.24, 2.45) is 5.92 Å². The summed E-state index contributed by atoms with van der Waals surface area (Å²) in [5, 5.41) is 0. The molecule has 1 aromatic heterocycles. The van der Waals surface area contributed by atoms with Crippen LogP contribution in [0.5, 0.6) is 0 Å². The lowest BCUT2D eigenvalue weighted by atomic mass is 9.96. The maximum Gasteiger partial charge on any atom is 0.253 e. The fourth-order valence-corrected chi connectivity index (χ4v) is 4.97. The van der Waals surface area contributed by atoms with Crippen LogP contribution in [0.25, 0.3) is 11.4 Å². The van der Waals surface area contributed by atoms with Crippen LogP contribution in [-0.2, 0) is 16.6 Å². The molecule has 0 atom stereocenters. The third kappa shape index (κ3) is 4.61. The number of hydrogen-bond acceptors (Lipinski definition) is 4. The van der Waals surface area contributed by atoms with Gasteiger partial charge in [-0.3, -0.25) is 4.79 Å². The molecule has 3 aromatic rings. The Hall–Kier alpha value is -2.97. The SMILES string of the molecule is CN(C)S(=O)(=O)c1ccc(C(=O)N2CCC(Cn3ccnc3-c3ccccc3)CC2)cc1. The van der Waals surface area contributed by atoms with Crippen molar-refractivity contribution in [3.63, 3.8) is 0 Å². The number of benzene rings is 2. The van der Waals surface area contributed by atoms with E-state index in [1.807, 2.05) is 35.5 Å². The average molecular weight is 453 g/mol. The molecule has 0 N–H and O–H groups in total. The highest BCUT2D eigenvalue weighted by Crippen LogP contribution is 2.24. The summed E-state index contributed by atoms with van der Waals surface area (Å²) in [7, 11) is -0.517. The average Bonchev–Trinajstić information content (AvgIpc) is 3.28. The van der Waals surface area contributed by atoms with Crippen LogP contribution in [0.4, 0.5) is 0 Å².